The van der Waals surface area contributed by atoms with Gasteiger partial charge in [0.05, 0.1) is 6.61 Å². The molecule has 0 saturated carbocycles. The number of halogens is 3. The average Bonchev–Trinajstić information content (AvgIpc) is 2.16. The maximum Gasteiger partial charge on any atom is 0.419 e. The lowest BCUT2D eigenvalue weighted by Gasteiger charge is -2.08. The Kier molecular flexibility index (Phi) is 0.867. The second kappa shape index (κ2) is 1.18. The molecule has 1 nitrogen and oxygen atoms in total. The predicted molar refractivity (Wildman–Crippen MR) is 20.4 cm³/mol. The van der Waals surface area contributed by atoms with Crippen LogP contribution in [0.5, 0.6) is 0 Å². The van der Waals surface area contributed by atoms with Gasteiger partial charge in [-0.25, -0.2) is 0 Å². The van der Waals surface area contributed by atoms with Crippen molar-refractivity contribution in [1.82, 2.24) is 0 Å². The lowest BCUT2D eigenvalue weighted by atomic mass is 10.2. The van der Waals surface area contributed by atoms with Crippen LogP contribution in [0.1, 0.15) is 6.92 Å². The van der Waals surface area contributed by atoms with Crippen molar-refractivity contribution in [2.75, 3.05) is 6.61 Å². The summed E-state index contributed by atoms with van der Waals surface area (Å²) in [4.78, 5) is 0. The van der Waals surface area contributed by atoms with Crippen molar-refractivity contribution in [2.45, 2.75) is 18.7 Å². The maximum atomic E-state index is 11.5. The van der Waals surface area contributed by atoms with Gasteiger partial charge in [0.2, 0.25) is 0 Å². The number of ether oxygens (including phenoxy) is 1. The van der Waals surface area contributed by atoms with Crippen LogP contribution in [0, 0.1) is 0 Å². The largest absolute Gasteiger partial charge is 0.419 e. The van der Waals surface area contributed by atoms with Gasteiger partial charge in [0.25, 0.3) is 0 Å². The standard InChI is InChI=1S/C4H5F3O/c1-3(2-8-3)4(5,6)7/h2H2,1H3. The first-order chi connectivity index (χ1) is 3.46. The van der Waals surface area contributed by atoms with Crippen LogP contribution in [-0.4, -0.2) is 18.4 Å². The van der Waals surface area contributed by atoms with Gasteiger partial charge in [0, 0.05) is 0 Å². The van der Waals surface area contributed by atoms with Crippen LogP contribution in [0.25, 0.3) is 0 Å². The van der Waals surface area contributed by atoms with Crippen molar-refractivity contribution < 1.29 is 17.9 Å². The van der Waals surface area contributed by atoms with Crippen molar-refractivity contribution in [3.05, 3.63) is 0 Å². The van der Waals surface area contributed by atoms with Gasteiger partial charge in [0.1, 0.15) is 0 Å². The molecule has 1 unspecified atom stereocenters. The Bertz CT molecular complexity index is 99.1. The smallest absolute Gasteiger partial charge is 0.360 e. The van der Waals surface area contributed by atoms with Crippen LogP contribution < -0.4 is 0 Å². The highest BCUT2D eigenvalue weighted by Crippen LogP contribution is 2.42. The van der Waals surface area contributed by atoms with Gasteiger partial charge in [-0.1, -0.05) is 0 Å². The molecule has 0 bridgehead atoms. The van der Waals surface area contributed by atoms with E-state index in [9.17, 15) is 13.2 Å². The molecular weight excluding hydrogens is 121 g/mol. The molecule has 0 spiro atoms. The fourth-order valence-corrected chi connectivity index (χ4v) is 0.272. The molecule has 1 heterocycles. The van der Waals surface area contributed by atoms with Gasteiger partial charge < -0.3 is 4.74 Å². The molecular formula is C4H5F3O. The molecule has 1 atom stereocenters. The minimum atomic E-state index is -4.17. The molecule has 1 aliphatic heterocycles. The Morgan fingerprint density at radius 1 is 1.50 bits per heavy atom. The van der Waals surface area contributed by atoms with Crippen molar-refractivity contribution in [1.29, 1.82) is 0 Å². The molecule has 1 fully saturated rings. The number of hydrogen-bond donors (Lipinski definition) is 0. The number of epoxide rings is 1. The molecule has 0 aromatic carbocycles. The first-order valence-corrected chi connectivity index (χ1v) is 2.16. The van der Waals surface area contributed by atoms with E-state index in [2.05, 4.69) is 4.74 Å². The Hall–Kier alpha value is -0.250. The minimum absolute atomic E-state index is 0.184. The highest BCUT2D eigenvalue weighted by Gasteiger charge is 2.62. The third-order valence-electron chi connectivity index (χ3n) is 1.18. The minimum Gasteiger partial charge on any atom is -0.360 e. The first kappa shape index (κ1) is 5.88. The highest BCUT2D eigenvalue weighted by atomic mass is 19.4. The molecule has 8 heavy (non-hydrogen) atoms. The van der Waals surface area contributed by atoms with E-state index >= 15 is 0 Å². The number of hydrogen-bond acceptors (Lipinski definition) is 1. The van der Waals surface area contributed by atoms with Crippen LogP contribution in [0.3, 0.4) is 0 Å². The molecule has 0 N–H and O–H groups in total. The van der Waals surface area contributed by atoms with Gasteiger partial charge in [0.15, 0.2) is 5.60 Å². The molecule has 1 rings (SSSR count). The quantitative estimate of drug-likeness (QED) is 0.446. The fraction of sp³-hybridized carbons (Fsp3) is 1.00. The van der Waals surface area contributed by atoms with Crippen LogP contribution in [-0.2, 0) is 4.74 Å². The Labute approximate surface area is 44.4 Å². The summed E-state index contributed by atoms with van der Waals surface area (Å²) in [5.41, 5.74) is -1.81. The van der Waals surface area contributed by atoms with Crippen molar-refractivity contribution in [3.8, 4) is 0 Å². The van der Waals surface area contributed by atoms with Crippen LogP contribution in [0.15, 0.2) is 0 Å². The Morgan fingerprint density at radius 3 is 1.88 bits per heavy atom. The second-order valence-corrected chi connectivity index (χ2v) is 2.02. The van der Waals surface area contributed by atoms with E-state index in [-0.39, 0.29) is 6.61 Å². The fourth-order valence-electron chi connectivity index (χ4n) is 0.272. The van der Waals surface area contributed by atoms with Gasteiger partial charge in [-0.05, 0) is 6.92 Å². The van der Waals surface area contributed by atoms with Crippen LogP contribution >= 0.6 is 0 Å². The third kappa shape index (κ3) is 0.686. The lowest BCUT2D eigenvalue weighted by molar-refractivity contribution is -0.178. The maximum absolute atomic E-state index is 11.5. The first-order valence-electron chi connectivity index (χ1n) is 2.16. The summed E-state index contributed by atoms with van der Waals surface area (Å²) in [6, 6.07) is 0. The molecule has 0 radical (unpaired) electrons. The predicted octanol–water partition coefficient (Wildman–Crippen LogP) is 1.34. The van der Waals surface area contributed by atoms with E-state index < -0.39 is 11.8 Å². The van der Waals surface area contributed by atoms with E-state index in [4.69, 9.17) is 0 Å². The van der Waals surface area contributed by atoms with Gasteiger partial charge >= 0.3 is 6.18 Å². The SMILES string of the molecule is CC1(C(F)(F)F)CO1. The summed E-state index contributed by atoms with van der Waals surface area (Å²) >= 11 is 0. The molecule has 48 valence electrons. The zero-order valence-electron chi connectivity index (χ0n) is 4.25. The van der Waals surface area contributed by atoms with E-state index in [1.54, 1.807) is 0 Å². The van der Waals surface area contributed by atoms with Crippen LogP contribution in [0.2, 0.25) is 0 Å². The summed E-state index contributed by atoms with van der Waals surface area (Å²) in [6.07, 6.45) is -4.17. The van der Waals surface area contributed by atoms with Crippen molar-refractivity contribution >= 4 is 0 Å². The van der Waals surface area contributed by atoms with E-state index in [0.717, 1.165) is 6.92 Å². The molecule has 4 heteroatoms. The molecule has 1 aliphatic rings. The summed E-state index contributed by atoms with van der Waals surface area (Å²) < 4.78 is 38.6. The summed E-state index contributed by atoms with van der Waals surface area (Å²) in [6.45, 7) is 0.851. The van der Waals surface area contributed by atoms with Crippen molar-refractivity contribution in [2.24, 2.45) is 0 Å². The Balaban J connectivity index is 2.58. The molecule has 0 amide bonds. The average molecular weight is 126 g/mol. The zero-order chi connectivity index (χ0) is 6.41. The Morgan fingerprint density at radius 2 is 1.88 bits per heavy atom. The van der Waals surface area contributed by atoms with Gasteiger partial charge in [-0.2, -0.15) is 13.2 Å². The van der Waals surface area contributed by atoms with Crippen LogP contribution in [0.4, 0.5) is 13.2 Å². The molecule has 0 aliphatic carbocycles. The molecule has 0 aromatic rings. The highest BCUT2D eigenvalue weighted by molar-refractivity contribution is 4.94. The third-order valence-corrected chi connectivity index (χ3v) is 1.18. The van der Waals surface area contributed by atoms with Gasteiger partial charge in [-0.15, -0.1) is 0 Å². The normalized spacial score (nSPS) is 37.5. The molecule has 1 saturated heterocycles. The van der Waals surface area contributed by atoms with E-state index in [0.29, 0.717) is 0 Å². The van der Waals surface area contributed by atoms with E-state index in [1.165, 1.54) is 0 Å². The topological polar surface area (TPSA) is 12.5 Å². The number of rotatable bonds is 0. The lowest BCUT2D eigenvalue weighted by Crippen LogP contribution is -2.28. The summed E-state index contributed by atoms with van der Waals surface area (Å²) in [5.74, 6) is 0. The van der Waals surface area contributed by atoms with Gasteiger partial charge in [-0.3, -0.25) is 0 Å². The monoisotopic (exact) mass is 126 g/mol. The van der Waals surface area contributed by atoms with E-state index in [1.807, 2.05) is 0 Å². The zero-order valence-corrected chi connectivity index (χ0v) is 4.25. The molecule has 0 aromatic heterocycles. The number of alkyl halides is 3. The summed E-state index contributed by atoms with van der Waals surface area (Å²) in [5, 5.41) is 0. The summed E-state index contributed by atoms with van der Waals surface area (Å²) in [7, 11) is 0. The second-order valence-electron chi connectivity index (χ2n) is 2.02. The van der Waals surface area contributed by atoms with Crippen molar-refractivity contribution in [3.63, 3.8) is 0 Å².